The normalized spacial score (nSPS) is 23.9. The summed E-state index contributed by atoms with van der Waals surface area (Å²) in [4.78, 5) is 22.8. The topological polar surface area (TPSA) is 75.6 Å². The van der Waals surface area contributed by atoms with Crippen LogP contribution in [-0.4, -0.2) is 34.7 Å². The highest BCUT2D eigenvalue weighted by molar-refractivity contribution is 5.83. The van der Waals surface area contributed by atoms with E-state index in [9.17, 15) is 9.59 Å². The molecule has 1 rings (SSSR count). The molecule has 1 aliphatic rings. The van der Waals surface area contributed by atoms with Crippen LogP contribution in [0.3, 0.4) is 0 Å². The average molecular weight is 257 g/mol. The van der Waals surface area contributed by atoms with Gasteiger partial charge in [0.15, 0.2) is 6.10 Å². The van der Waals surface area contributed by atoms with Gasteiger partial charge in [-0.15, -0.1) is 0 Å². The van der Waals surface area contributed by atoms with Crippen LogP contribution in [0.5, 0.6) is 0 Å². The highest BCUT2D eigenvalue weighted by atomic mass is 16.5. The van der Waals surface area contributed by atoms with Crippen LogP contribution in [0.1, 0.15) is 52.9 Å². The minimum atomic E-state index is -0.988. The molecule has 5 nitrogen and oxygen atoms in total. The molecule has 2 N–H and O–H groups in total. The maximum atomic E-state index is 12.1. The lowest BCUT2D eigenvalue weighted by atomic mass is 9.89. The largest absolute Gasteiger partial charge is 0.479 e. The fourth-order valence-corrected chi connectivity index (χ4v) is 2.37. The van der Waals surface area contributed by atoms with Crippen LogP contribution < -0.4 is 5.32 Å². The number of nitrogens with one attached hydrogen (secondary N) is 1. The maximum absolute atomic E-state index is 12.1. The summed E-state index contributed by atoms with van der Waals surface area (Å²) in [5.74, 6) is -1.16. The van der Waals surface area contributed by atoms with Gasteiger partial charge in [-0.25, -0.2) is 4.79 Å². The first-order chi connectivity index (χ1) is 8.48. The van der Waals surface area contributed by atoms with Crippen LogP contribution in [0.25, 0.3) is 0 Å². The number of aliphatic carboxylic acids is 1. The van der Waals surface area contributed by atoms with Gasteiger partial charge >= 0.3 is 5.97 Å². The monoisotopic (exact) mass is 257 g/mol. The average Bonchev–Trinajstić information content (AvgIpc) is 2.86. The predicted octanol–water partition coefficient (Wildman–Crippen LogP) is 1.70. The van der Waals surface area contributed by atoms with Crippen molar-refractivity contribution >= 4 is 11.9 Å². The summed E-state index contributed by atoms with van der Waals surface area (Å²) in [5, 5.41) is 11.9. The molecule has 2 atom stereocenters. The molecule has 0 aromatic rings. The Bertz CT molecular complexity index is 304. The van der Waals surface area contributed by atoms with Gasteiger partial charge in [-0.1, -0.05) is 20.8 Å². The van der Waals surface area contributed by atoms with Crippen molar-refractivity contribution in [3.8, 4) is 0 Å². The SMILES string of the molecule is CCC(CC)(CC)NC(=O)[C@@H]1CC[C@H](C(=O)O)O1. The molecule has 0 aromatic heterocycles. The van der Waals surface area contributed by atoms with Crippen molar-refractivity contribution in [2.45, 2.75) is 70.6 Å². The van der Waals surface area contributed by atoms with Gasteiger partial charge in [-0.2, -0.15) is 0 Å². The van der Waals surface area contributed by atoms with Crippen LogP contribution in [-0.2, 0) is 14.3 Å². The molecule has 0 unspecified atom stereocenters. The lowest BCUT2D eigenvalue weighted by molar-refractivity contribution is -0.152. The zero-order valence-electron chi connectivity index (χ0n) is 11.4. The fourth-order valence-electron chi connectivity index (χ4n) is 2.37. The number of carboxylic acids is 1. The lowest BCUT2D eigenvalue weighted by Crippen LogP contribution is -2.50. The van der Waals surface area contributed by atoms with Crippen LogP contribution in [0.15, 0.2) is 0 Å². The number of hydrogen-bond acceptors (Lipinski definition) is 3. The third kappa shape index (κ3) is 3.22. The summed E-state index contributed by atoms with van der Waals surface area (Å²) in [6.45, 7) is 6.13. The third-order valence-corrected chi connectivity index (χ3v) is 4.01. The molecule has 0 radical (unpaired) electrons. The second-order valence-corrected chi connectivity index (χ2v) is 4.86. The van der Waals surface area contributed by atoms with Gasteiger partial charge in [-0.05, 0) is 32.1 Å². The highest BCUT2D eigenvalue weighted by Gasteiger charge is 2.37. The van der Waals surface area contributed by atoms with Crippen molar-refractivity contribution in [1.82, 2.24) is 5.32 Å². The first-order valence-electron chi connectivity index (χ1n) is 6.68. The summed E-state index contributed by atoms with van der Waals surface area (Å²) < 4.78 is 5.25. The minimum absolute atomic E-state index is 0.177. The Morgan fingerprint density at radius 1 is 1.17 bits per heavy atom. The Labute approximate surface area is 108 Å². The number of carbonyl (C=O) groups excluding carboxylic acids is 1. The molecule has 1 aliphatic heterocycles. The van der Waals surface area contributed by atoms with E-state index in [0.717, 1.165) is 19.3 Å². The van der Waals surface area contributed by atoms with Crippen molar-refractivity contribution in [2.75, 3.05) is 0 Å². The summed E-state index contributed by atoms with van der Waals surface area (Å²) in [6.07, 6.45) is 2.03. The molecule has 104 valence electrons. The van der Waals surface area contributed by atoms with Crippen molar-refractivity contribution in [3.63, 3.8) is 0 Å². The highest BCUT2D eigenvalue weighted by Crippen LogP contribution is 2.23. The van der Waals surface area contributed by atoms with Crippen LogP contribution in [0, 0.1) is 0 Å². The molecular formula is C13H23NO4. The summed E-state index contributed by atoms with van der Waals surface area (Å²) in [6, 6.07) is 0. The van der Waals surface area contributed by atoms with Crippen LogP contribution in [0.4, 0.5) is 0 Å². The molecule has 0 aliphatic carbocycles. The van der Waals surface area contributed by atoms with Gasteiger partial charge in [0.2, 0.25) is 5.91 Å². The number of ether oxygens (including phenoxy) is 1. The second-order valence-electron chi connectivity index (χ2n) is 4.86. The molecule has 0 bridgehead atoms. The van der Waals surface area contributed by atoms with Gasteiger partial charge < -0.3 is 15.2 Å². The maximum Gasteiger partial charge on any atom is 0.332 e. The van der Waals surface area contributed by atoms with E-state index in [4.69, 9.17) is 9.84 Å². The first-order valence-corrected chi connectivity index (χ1v) is 6.68. The Hall–Kier alpha value is -1.10. The lowest BCUT2D eigenvalue weighted by Gasteiger charge is -2.32. The molecule has 1 amide bonds. The molecule has 1 fully saturated rings. The standard InChI is InChI=1S/C13H23NO4/c1-4-13(5-2,6-3)14-11(15)9-7-8-10(18-9)12(16)17/h9-10H,4-8H2,1-3H3,(H,14,15)(H,16,17)/t9-,10+/m0/s1. The molecule has 5 heteroatoms. The molecule has 0 spiro atoms. The minimum Gasteiger partial charge on any atom is -0.479 e. The van der Waals surface area contributed by atoms with E-state index in [2.05, 4.69) is 5.32 Å². The second kappa shape index (κ2) is 6.18. The van der Waals surface area contributed by atoms with Gasteiger partial charge in [0.1, 0.15) is 6.10 Å². The zero-order chi connectivity index (χ0) is 13.8. The third-order valence-electron chi connectivity index (χ3n) is 4.01. The number of carboxylic acid groups (broad SMARTS) is 1. The van der Waals surface area contributed by atoms with Gasteiger partial charge in [-0.3, -0.25) is 4.79 Å². The van der Waals surface area contributed by atoms with Crippen LogP contribution >= 0.6 is 0 Å². The Morgan fingerprint density at radius 2 is 1.67 bits per heavy atom. The summed E-state index contributed by atoms with van der Waals surface area (Å²) >= 11 is 0. The van der Waals surface area contributed by atoms with Gasteiger partial charge in [0, 0.05) is 5.54 Å². The number of carbonyl (C=O) groups is 2. The molecular weight excluding hydrogens is 234 g/mol. The Kier molecular flexibility index (Phi) is 5.14. The summed E-state index contributed by atoms with van der Waals surface area (Å²) in [5.41, 5.74) is -0.193. The van der Waals surface area contributed by atoms with Crippen molar-refractivity contribution in [2.24, 2.45) is 0 Å². The van der Waals surface area contributed by atoms with E-state index in [1.165, 1.54) is 0 Å². The first kappa shape index (κ1) is 15.0. The van der Waals surface area contributed by atoms with Crippen LogP contribution in [0.2, 0.25) is 0 Å². The number of rotatable bonds is 6. The van der Waals surface area contributed by atoms with E-state index < -0.39 is 18.2 Å². The van der Waals surface area contributed by atoms with E-state index in [1.54, 1.807) is 0 Å². The molecule has 1 heterocycles. The van der Waals surface area contributed by atoms with E-state index in [-0.39, 0.29) is 11.4 Å². The van der Waals surface area contributed by atoms with E-state index in [0.29, 0.717) is 12.8 Å². The number of hydrogen-bond donors (Lipinski definition) is 2. The fraction of sp³-hybridized carbons (Fsp3) is 0.846. The Balaban J connectivity index is 2.58. The predicted molar refractivity (Wildman–Crippen MR) is 67.3 cm³/mol. The van der Waals surface area contributed by atoms with E-state index >= 15 is 0 Å². The molecule has 0 aromatic carbocycles. The molecule has 0 saturated carbocycles. The van der Waals surface area contributed by atoms with Crippen molar-refractivity contribution in [3.05, 3.63) is 0 Å². The van der Waals surface area contributed by atoms with Gasteiger partial charge in [0.05, 0.1) is 0 Å². The molecule has 18 heavy (non-hydrogen) atoms. The quantitative estimate of drug-likeness (QED) is 0.759. The van der Waals surface area contributed by atoms with Crippen molar-refractivity contribution in [1.29, 1.82) is 0 Å². The number of amides is 1. The zero-order valence-corrected chi connectivity index (χ0v) is 11.4. The van der Waals surface area contributed by atoms with Crippen molar-refractivity contribution < 1.29 is 19.4 Å². The summed E-state index contributed by atoms with van der Waals surface area (Å²) in [7, 11) is 0. The Morgan fingerprint density at radius 3 is 2.06 bits per heavy atom. The van der Waals surface area contributed by atoms with Gasteiger partial charge in [0.25, 0.3) is 0 Å². The smallest absolute Gasteiger partial charge is 0.332 e. The molecule has 1 saturated heterocycles. The van der Waals surface area contributed by atoms with E-state index in [1.807, 2.05) is 20.8 Å².